The van der Waals surface area contributed by atoms with E-state index in [0.29, 0.717) is 6.04 Å². The molecule has 0 aromatic heterocycles. The first-order valence-electron chi connectivity index (χ1n) is 4.67. The third kappa shape index (κ3) is 1.09. The molecule has 0 aliphatic heterocycles. The summed E-state index contributed by atoms with van der Waals surface area (Å²) in [6, 6.07) is 0.400. The van der Waals surface area contributed by atoms with Crippen LogP contribution in [0.3, 0.4) is 0 Å². The van der Waals surface area contributed by atoms with E-state index in [1.54, 1.807) is 0 Å². The summed E-state index contributed by atoms with van der Waals surface area (Å²) in [5.41, 5.74) is 5.93. The minimum absolute atomic E-state index is 0.00898. The van der Waals surface area contributed by atoms with Gasteiger partial charge in [0, 0.05) is 6.04 Å². The van der Waals surface area contributed by atoms with Crippen LogP contribution in [0.5, 0.6) is 0 Å². The van der Waals surface area contributed by atoms with Crippen molar-refractivity contribution in [3.63, 3.8) is 0 Å². The normalized spacial score (nSPS) is 50.5. The van der Waals surface area contributed by atoms with E-state index in [1.807, 2.05) is 0 Å². The summed E-state index contributed by atoms with van der Waals surface area (Å²) >= 11 is 0. The molecule has 0 aromatic rings. The molecule has 2 unspecified atom stereocenters. The van der Waals surface area contributed by atoms with Crippen molar-refractivity contribution in [2.24, 2.45) is 23.5 Å². The van der Waals surface area contributed by atoms with Crippen molar-refractivity contribution < 1.29 is 5.11 Å². The molecule has 64 valence electrons. The maximum Gasteiger partial charge on any atom is 0.0546 e. The van der Waals surface area contributed by atoms with Gasteiger partial charge in [-0.1, -0.05) is 6.92 Å². The van der Waals surface area contributed by atoms with Crippen LogP contribution in [0.15, 0.2) is 0 Å². The van der Waals surface area contributed by atoms with Crippen molar-refractivity contribution in [1.82, 2.24) is 0 Å². The van der Waals surface area contributed by atoms with Gasteiger partial charge in [-0.05, 0) is 37.0 Å². The second kappa shape index (κ2) is 2.46. The zero-order chi connectivity index (χ0) is 8.01. The van der Waals surface area contributed by atoms with Crippen LogP contribution >= 0.6 is 0 Å². The molecule has 2 nitrogen and oxygen atoms in total. The number of fused-ring (bicyclic) bond motifs is 1. The highest BCUT2D eigenvalue weighted by atomic mass is 16.3. The summed E-state index contributed by atoms with van der Waals surface area (Å²) in [4.78, 5) is 0. The first-order valence-corrected chi connectivity index (χ1v) is 4.67. The highest BCUT2D eigenvalue weighted by Gasteiger charge is 2.57. The van der Waals surface area contributed by atoms with Crippen molar-refractivity contribution >= 4 is 0 Å². The van der Waals surface area contributed by atoms with Crippen molar-refractivity contribution in [1.29, 1.82) is 0 Å². The highest BCUT2D eigenvalue weighted by Crippen LogP contribution is 2.58. The first kappa shape index (κ1) is 7.56. The van der Waals surface area contributed by atoms with E-state index in [9.17, 15) is 5.11 Å². The molecule has 0 radical (unpaired) electrons. The minimum atomic E-state index is -0.00898. The zero-order valence-corrected chi connectivity index (χ0v) is 7.03. The van der Waals surface area contributed by atoms with Gasteiger partial charge in [0.1, 0.15) is 0 Å². The van der Waals surface area contributed by atoms with Gasteiger partial charge in [0.25, 0.3) is 0 Å². The Hall–Kier alpha value is -0.0800. The van der Waals surface area contributed by atoms with E-state index in [1.165, 1.54) is 0 Å². The lowest BCUT2D eigenvalue weighted by molar-refractivity contribution is 0.158. The van der Waals surface area contributed by atoms with Crippen LogP contribution in [0.2, 0.25) is 0 Å². The summed E-state index contributed by atoms with van der Waals surface area (Å²) in [6.45, 7) is 2.15. The van der Waals surface area contributed by atoms with Gasteiger partial charge in [0.2, 0.25) is 0 Å². The maximum atomic E-state index is 9.26. The Morgan fingerprint density at radius 3 is 2.45 bits per heavy atom. The van der Waals surface area contributed by atoms with Crippen LogP contribution in [0.4, 0.5) is 0 Å². The number of rotatable bonds is 2. The van der Waals surface area contributed by atoms with Crippen LogP contribution in [0, 0.1) is 17.8 Å². The van der Waals surface area contributed by atoms with Crippen LogP contribution in [0.1, 0.15) is 26.2 Å². The maximum absolute atomic E-state index is 9.26. The highest BCUT2D eigenvalue weighted by molar-refractivity contribution is 5.07. The Morgan fingerprint density at radius 2 is 2.00 bits per heavy atom. The quantitative estimate of drug-likeness (QED) is 0.618. The third-order valence-electron chi connectivity index (χ3n) is 3.45. The molecule has 11 heavy (non-hydrogen) atoms. The molecule has 0 aromatic carbocycles. The molecule has 2 heteroatoms. The fourth-order valence-electron chi connectivity index (χ4n) is 2.77. The largest absolute Gasteiger partial charge is 0.393 e. The molecule has 2 aliphatic carbocycles. The van der Waals surface area contributed by atoms with Crippen LogP contribution in [-0.4, -0.2) is 17.3 Å². The monoisotopic (exact) mass is 155 g/mol. The smallest absolute Gasteiger partial charge is 0.0546 e. The molecular formula is C9H17NO. The summed E-state index contributed by atoms with van der Waals surface area (Å²) in [7, 11) is 0. The van der Waals surface area contributed by atoms with Gasteiger partial charge < -0.3 is 10.8 Å². The van der Waals surface area contributed by atoms with Crippen molar-refractivity contribution in [3.05, 3.63) is 0 Å². The van der Waals surface area contributed by atoms with Gasteiger partial charge in [-0.15, -0.1) is 0 Å². The predicted molar refractivity (Wildman–Crippen MR) is 44.0 cm³/mol. The van der Waals surface area contributed by atoms with Crippen LogP contribution in [0.25, 0.3) is 0 Å². The van der Waals surface area contributed by atoms with E-state index in [4.69, 9.17) is 5.73 Å². The topological polar surface area (TPSA) is 46.2 Å². The summed E-state index contributed by atoms with van der Waals surface area (Å²) in [5, 5.41) is 9.26. The molecule has 2 aliphatic rings. The summed E-state index contributed by atoms with van der Waals surface area (Å²) in [5.74, 6) is 2.31. The fourth-order valence-corrected chi connectivity index (χ4v) is 2.77. The number of aliphatic hydroxyl groups is 1. The van der Waals surface area contributed by atoms with E-state index in [2.05, 4.69) is 6.92 Å². The van der Waals surface area contributed by atoms with E-state index in [-0.39, 0.29) is 6.10 Å². The molecule has 0 saturated heterocycles. The Bertz CT molecular complexity index is 148. The lowest BCUT2D eigenvalue weighted by Crippen LogP contribution is -2.25. The summed E-state index contributed by atoms with van der Waals surface area (Å²) < 4.78 is 0. The third-order valence-corrected chi connectivity index (χ3v) is 3.45. The van der Waals surface area contributed by atoms with Crippen molar-refractivity contribution in [2.75, 3.05) is 0 Å². The minimum Gasteiger partial charge on any atom is -0.393 e. The molecule has 0 heterocycles. The molecule has 3 N–H and O–H groups in total. The van der Waals surface area contributed by atoms with Gasteiger partial charge in [-0.3, -0.25) is 0 Å². The van der Waals surface area contributed by atoms with Crippen LogP contribution in [-0.2, 0) is 0 Å². The first-order chi connectivity index (χ1) is 5.24. The Morgan fingerprint density at radius 1 is 1.45 bits per heavy atom. The molecule has 0 amide bonds. The Balaban J connectivity index is 1.87. The van der Waals surface area contributed by atoms with Gasteiger partial charge in [0.15, 0.2) is 0 Å². The zero-order valence-electron chi connectivity index (χ0n) is 7.03. The molecule has 2 rings (SSSR count). The van der Waals surface area contributed by atoms with Crippen LogP contribution < -0.4 is 5.73 Å². The number of nitrogens with two attached hydrogens (primary N) is 1. The lowest BCUT2D eigenvalue weighted by atomic mass is 10.0. The summed E-state index contributed by atoms with van der Waals surface area (Å²) in [6.07, 6.45) is 3.12. The number of hydrogen-bond donors (Lipinski definition) is 2. The molecule has 2 fully saturated rings. The van der Waals surface area contributed by atoms with Gasteiger partial charge in [0.05, 0.1) is 6.10 Å². The molecular weight excluding hydrogens is 138 g/mol. The molecule has 2 saturated carbocycles. The predicted octanol–water partition coefficient (Wildman–Crippen LogP) is 0.741. The second-order valence-electron chi connectivity index (χ2n) is 4.10. The van der Waals surface area contributed by atoms with Crippen molar-refractivity contribution in [3.8, 4) is 0 Å². The number of aliphatic hydroxyl groups excluding tert-OH is 1. The SMILES string of the molecule is CC[C@H](N)C1C2CC(O)CC21. The standard InChI is InChI=1S/C9H17NO/c1-2-8(10)9-6-3-5(11)4-7(6)9/h5-9,11H,2-4,10H2,1H3/t5?,6?,7?,8-,9?/m0/s1. The Kier molecular flexibility index (Phi) is 1.69. The molecule has 0 spiro atoms. The Labute approximate surface area is 67.8 Å². The fraction of sp³-hybridized carbons (Fsp3) is 1.00. The van der Waals surface area contributed by atoms with E-state index in [0.717, 1.165) is 37.0 Å². The molecule has 3 atom stereocenters. The van der Waals surface area contributed by atoms with Gasteiger partial charge in [-0.25, -0.2) is 0 Å². The lowest BCUT2D eigenvalue weighted by Gasteiger charge is -2.12. The van der Waals surface area contributed by atoms with Crippen molar-refractivity contribution in [2.45, 2.75) is 38.3 Å². The average Bonchev–Trinajstić information content (AvgIpc) is 2.48. The van der Waals surface area contributed by atoms with E-state index >= 15 is 0 Å². The number of hydrogen-bond acceptors (Lipinski definition) is 2. The molecule has 0 bridgehead atoms. The van der Waals surface area contributed by atoms with Gasteiger partial charge >= 0.3 is 0 Å². The van der Waals surface area contributed by atoms with Gasteiger partial charge in [-0.2, -0.15) is 0 Å². The van der Waals surface area contributed by atoms with E-state index < -0.39 is 0 Å². The average molecular weight is 155 g/mol. The second-order valence-corrected chi connectivity index (χ2v) is 4.10.